The van der Waals surface area contributed by atoms with Crippen molar-refractivity contribution in [1.82, 2.24) is 20.3 Å². The molecule has 0 spiro atoms. The lowest BCUT2D eigenvalue weighted by Gasteiger charge is -2.20. The molecule has 1 atom stereocenters. The first kappa shape index (κ1) is 23.8. The summed E-state index contributed by atoms with van der Waals surface area (Å²) in [6.07, 6.45) is 6.49. The molecule has 1 aliphatic heterocycles. The first-order valence-corrected chi connectivity index (χ1v) is 12.5. The molecule has 0 radical (unpaired) electrons. The number of rotatable bonds is 8. The van der Waals surface area contributed by atoms with Crippen molar-refractivity contribution in [2.24, 2.45) is 0 Å². The summed E-state index contributed by atoms with van der Waals surface area (Å²) in [5.74, 6) is 0.567. The van der Waals surface area contributed by atoms with E-state index < -0.39 is 0 Å². The summed E-state index contributed by atoms with van der Waals surface area (Å²) in [6, 6.07) is 19.5. The molecule has 1 unspecified atom stereocenters. The number of anilines is 4. The molecule has 3 N–H and O–H groups in total. The van der Waals surface area contributed by atoms with E-state index >= 15 is 0 Å². The van der Waals surface area contributed by atoms with Gasteiger partial charge >= 0.3 is 0 Å². The van der Waals surface area contributed by atoms with Gasteiger partial charge in [0.05, 0.1) is 12.4 Å². The summed E-state index contributed by atoms with van der Waals surface area (Å²) in [7, 11) is 0. The van der Waals surface area contributed by atoms with Crippen molar-refractivity contribution in [1.29, 1.82) is 0 Å². The Labute approximate surface area is 213 Å². The Morgan fingerprint density at radius 2 is 1.97 bits per heavy atom. The Kier molecular flexibility index (Phi) is 7.09. The minimum atomic E-state index is 0.564. The molecule has 7 heteroatoms. The van der Waals surface area contributed by atoms with Crippen LogP contribution in [0, 0.1) is 13.8 Å². The molecule has 4 aromatic rings. The third-order valence-electron chi connectivity index (χ3n) is 6.59. The third-order valence-corrected chi connectivity index (χ3v) is 6.59. The predicted molar refractivity (Wildman–Crippen MR) is 148 cm³/mol. The standard InChI is InChI=1S/C29H33N7/c1-4-24-18-36(19-33-24)26-13-20(2)12-25(15-26)32-16-22-8-7-21(3)28(14-22)35-29-31-11-9-27(34-29)23-6-5-10-30-17-23/h5-15,17,24,32-33H,4,16,18-19H2,1-3H3,(H,31,34,35). The molecule has 2 aromatic carbocycles. The van der Waals surface area contributed by atoms with E-state index in [1.54, 1.807) is 12.4 Å². The van der Waals surface area contributed by atoms with Crippen LogP contribution in [-0.2, 0) is 6.54 Å². The van der Waals surface area contributed by atoms with Crippen LogP contribution in [0.25, 0.3) is 11.3 Å². The van der Waals surface area contributed by atoms with Crippen LogP contribution in [0.15, 0.2) is 73.2 Å². The van der Waals surface area contributed by atoms with Gasteiger partial charge in [-0.05, 0) is 79.4 Å². The van der Waals surface area contributed by atoms with Crippen molar-refractivity contribution in [3.63, 3.8) is 0 Å². The van der Waals surface area contributed by atoms with E-state index in [0.717, 1.165) is 54.4 Å². The fourth-order valence-corrected chi connectivity index (χ4v) is 4.48. The molecule has 1 saturated heterocycles. The van der Waals surface area contributed by atoms with Gasteiger partial charge in [-0.2, -0.15) is 0 Å². The Morgan fingerprint density at radius 3 is 2.78 bits per heavy atom. The highest BCUT2D eigenvalue weighted by atomic mass is 15.3. The van der Waals surface area contributed by atoms with Gasteiger partial charge in [0.25, 0.3) is 0 Å². The van der Waals surface area contributed by atoms with E-state index in [1.807, 2.05) is 24.4 Å². The van der Waals surface area contributed by atoms with Crippen LogP contribution in [0.3, 0.4) is 0 Å². The third kappa shape index (κ3) is 5.63. The van der Waals surface area contributed by atoms with E-state index in [-0.39, 0.29) is 0 Å². The van der Waals surface area contributed by atoms with Gasteiger partial charge in [-0.25, -0.2) is 9.97 Å². The number of nitrogens with one attached hydrogen (secondary N) is 3. The van der Waals surface area contributed by atoms with Crippen LogP contribution >= 0.6 is 0 Å². The zero-order valence-corrected chi connectivity index (χ0v) is 21.1. The van der Waals surface area contributed by atoms with Gasteiger partial charge in [-0.15, -0.1) is 0 Å². The molecule has 7 nitrogen and oxygen atoms in total. The van der Waals surface area contributed by atoms with Gasteiger partial charge in [-0.1, -0.05) is 19.1 Å². The Bertz CT molecular complexity index is 1320. The molecule has 0 saturated carbocycles. The van der Waals surface area contributed by atoms with Gasteiger partial charge in [-0.3, -0.25) is 10.3 Å². The van der Waals surface area contributed by atoms with Crippen LogP contribution in [0.4, 0.5) is 23.0 Å². The topological polar surface area (TPSA) is 78.0 Å². The summed E-state index contributed by atoms with van der Waals surface area (Å²) < 4.78 is 0. The molecule has 184 valence electrons. The largest absolute Gasteiger partial charge is 0.381 e. The van der Waals surface area contributed by atoms with Crippen molar-refractivity contribution in [2.75, 3.05) is 28.7 Å². The highest BCUT2D eigenvalue weighted by Gasteiger charge is 2.20. The molecular formula is C29H33N7. The smallest absolute Gasteiger partial charge is 0.227 e. The highest BCUT2D eigenvalue weighted by molar-refractivity contribution is 5.64. The number of nitrogens with zero attached hydrogens (tertiary/aromatic N) is 4. The Morgan fingerprint density at radius 1 is 1.06 bits per heavy atom. The van der Waals surface area contributed by atoms with Crippen molar-refractivity contribution in [3.05, 3.63) is 89.9 Å². The number of aromatic nitrogens is 3. The average molecular weight is 480 g/mol. The van der Waals surface area contributed by atoms with Crippen molar-refractivity contribution in [3.8, 4) is 11.3 Å². The Balaban J connectivity index is 1.28. The average Bonchev–Trinajstić information content (AvgIpc) is 3.39. The number of hydrogen-bond acceptors (Lipinski definition) is 7. The predicted octanol–water partition coefficient (Wildman–Crippen LogP) is 5.66. The molecule has 0 bridgehead atoms. The minimum absolute atomic E-state index is 0.564. The zero-order chi connectivity index (χ0) is 24.9. The summed E-state index contributed by atoms with van der Waals surface area (Å²) in [5.41, 5.74) is 8.77. The van der Waals surface area contributed by atoms with Crippen LogP contribution in [-0.4, -0.2) is 34.2 Å². The summed E-state index contributed by atoms with van der Waals surface area (Å²) in [5, 5.41) is 10.6. The molecule has 0 amide bonds. The maximum Gasteiger partial charge on any atom is 0.227 e. The number of hydrogen-bond donors (Lipinski definition) is 3. The van der Waals surface area contributed by atoms with Crippen LogP contribution in [0.5, 0.6) is 0 Å². The van der Waals surface area contributed by atoms with Gasteiger partial charge in [0.1, 0.15) is 0 Å². The quantitative estimate of drug-likeness (QED) is 0.301. The van der Waals surface area contributed by atoms with Crippen LogP contribution in [0.2, 0.25) is 0 Å². The summed E-state index contributed by atoms with van der Waals surface area (Å²) >= 11 is 0. The molecular weight excluding hydrogens is 446 g/mol. The normalized spacial score (nSPS) is 15.2. The molecule has 1 aliphatic rings. The lowest BCUT2D eigenvalue weighted by molar-refractivity contribution is 0.613. The van der Waals surface area contributed by atoms with Crippen molar-refractivity contribution in [2.45, 2.75) is 39.8 Å². The second kappa shape index (κ2) is 10.7. The van der Waals surface area contributed by atoms with E-state index in [9.17, 15) is 0 Å². The van der Waals surface area contributed by atoms with Crippen LogP contribution < -0.4 is 20.9 Å². The van der Waals surface area contributed by atoms with E-state index in [2.05, 4.69) is 93.0 Å². The minimum Gasteiger partial charge on any atom is -0.381 e. The Hall–Kier alpha value is -3.97. The molecule has 36 heavy (non-hydrogen) atoms. The molecule has 0 aliphatic carbocycles. The van der Waals surface area contributed by atoms with Gasteiger partial charge in [0.2, 0.25) is 5.95 Å². The van der Waals surface area contributed by atoms with E-state index in [4.69, 9.17) is 0 Å². The van der Waals surface area contributed by atoms with Gasteiger partial charge in [0, 0.05) is 60.3 Å². The fourth-order valence-electron chi connectivity index (χ4n) is 4.48. The van der Waals surface area contributed by atoms with E-state index in [1.165, 1.54) is 16.8 Å². The first-order chi connectivity index (χ1) is 17.6. The number of benzene rings is 2. The van der Waals surface area contributed by atoms with Crippen molar-refractivity contribution >= 4 is 23.0 Å². The molecule has 1 fully saturated rings. The fraction of sp³-hybridized carbons (Fsp3) is 0.276. The number of pyridine rings is 1. The van der Waals surface area contributed by atoms with Crippen molar-refractivity contribution < 1.29 is 0 Å². The number of aryl methyl sites for hydroxylation is 2. The maximum atomic E-state index is 4.68. The van der Waals surface area contributed by atoms with E-state index in [0.29, 0.717) is 12.0 Å². The zero-order valence-electron chi connectivity index (χ0n) is 21.1. The highest BCUT2D eigenvalue weighted by Crippen LogP contribution is 2.26. The lowest BCUT2D eigenvalue weighted by atomic mass is 10.1. The SMILES string of the molecule is CCC1CN(c2cc(C)cc(NCc3ccc(C)c(Nc4nccc(-c5cccnc5)n4)c3)c2)CN1. The van der Waals surface area contributed by atoms with Gasteiger partial charge in [0.15, 0.2) is 0 Å². The van der Waals surface area contributed by atoms with Crippen LogP contribution in [0.1, 0.15) is 30.0 Å². The lowest BCUT2D eigenvalue weighted by Crippen LogP contribution is -2.21. The maximum absolute atomic E-state index is 4.68. The molecule has 3 heterocycles. The first-order valence-electron chi connectivity index (χ1n) is 12.5. The second-order valence-electron chi connectivity index (χ2n) is 9.38. The van der Waals surface area contributed by atoms with Gasteiger partial charge < -0.3 is 15.5 Å². The second-order valence-corrected chi connectivity index (χ2v) is 9.38. The summed E-state index contributed by atoms with van der Waals surface area (Å²) in [4.78, 5) is 15.7. The molecule has 2 aromatic heterocycles. The summed E-state index contributed by atoms with van der Waals surface area (Å²) in [6.45, 7) is 9.16. The molecule has 5 rings (SSSR count). The monoisotopic (exact) mass is 479 g/mol.